The molecule has 1 aromatic carbocycles. The summed E-state index contributed by atoms with van der Waals surface area (Å²) in [5.41, 5.74) is 11.8. The third kappa shape index (κ3) is 2.04. The highest BCUT2D eigenvalue weighted by Crippen LogP contribution is 2.08. The zero-order valence-corrected chi connectivity index (χ0v) is 7.89. The van der Waals surface area contributed by atoms with Gasteiger partial charge in [0.25, 0.3) is 0 Å². The third-order valence-electron chi connectivity index (χ3n) is 1.96. The molecule has 1 heterocycles. The van der Waals surface area contributed by atoms with Gasteiger partial charge in [0.2, 0.25) is 11.9 Å². The number of nitrogen functional groups attached to an aromatic ring is 2. The van der Waals surface area contributed by atoms with Crippen molar-refractivity contribution in [3.05, 3.63) is 35.6 Å². The number of rotatable bonds is 2. The van der Waals surface area contributed by atoms with Crippen LogP contribution in [0.5, 0.6) is 0 Å². The quantitative estimate of drug-likeness (QED) is 0.756. The molecule has 0 amide bonds. The summed E-state index contributed by atoms with van der Waals surface area (Å²) in [6.45, 7) is 0.427. The van der Waals surface area contributed by atoms with Crippen LogP contribution in [0.1, 0.15) is 5.56 Å². The van der Waals surface area contributed by atoms with E-state index in [0.29, 0.717) is 6.54 Å². The van der Waals surface area contributed by atoms with Crippen molar-refractivity contribution in [3.8, 4) is 0 Å². The monoisotopic (exact) mass is 207 g/mol. The molecule has 0 saturated carbocycles. The Kier molecular flexibility index (Phi) is 2.24. The van der Waals surface area contributed by atoms with Gasteiger partial charge in [0.1, 0.15) is 5.82 Å². The summed E-state index contributed by atoms with van der Waals surface area (Å²) < 4.78 is 14.1. The summed E-state index contributed by atoms with van der Waals surface area (Å²) in [7, 11) is 0. The van der Waals surface area contributed by atoms with E-state index in [-0.39, 0.29) is 17.7 Å². The molecule has 2 aromatic rings. The summed E-state index contributed by atoms with van der Waals surface area (Å²) >= 11 is 0. The summed E-state index contributed by atoms with van der Waals surface area (Å²) in [6, 6.07) is 6.08. The van der Waals surface area contributed by atoms with Crippen molar-refractivity contribution < 1.29 is 4.39 Å². The summed E-state index contributed by atoms with van der Waals surface area (Å²) in [5, 5.41) is 3.89. The van der Waals surface area contributed by atoms with Gasteiger partial charge in [0.15, 0.2) is 0 Å². The maximum atomic E-state index is 12.6. The van der Waals surface area contributed by atoms with E-state index < -0.39 is 0 Å². The Morgan fingerprint density at radius 2 is 1.87 bits per heavy atom. The number of nitrogens with zero attached hydrogens (tertiary/aromatic N) is 3. The van der Waals surface area contributed by atoms with Crippen LogP contribution in [0, 0.1) is 5.82 Å². The second-order valence-corrected chi connectivity index (χ2v) is 3.11. The number of hydrogen-bond acceptors (Lipinski definition) is 4. The second kappa shape index (κ2) is 3.56. The molecule has 5 nitrogen and oxygen atoms in total. The van der Waals surface area contributed by atoms with Gasteiger partial charge in [-0.2, -0.15) is 4.98 Å². The van der Waals surface area contributed by atoms with Gasteiger partial charge in [-0.3, -0.25) is 0 Å². The standard InChI is InChI=1S/C9H10FN5/c10-7-3-1-6(2-4-7)5-15-9(12)13-8(11)14-15/h1-4H,5H2,(H4,11,12,13,14). The molecule has 78 valence electrons. The summed E-state index contributed by atoms with van der Waals surface area (Å²) in [6.07, 6.45) is 0. The third-order valence-corrected chi connectivity index (χ3v) is 1.96. The molecule has 4 N–H and O–H groups in total. The Morgan fingerprint density at radius 1 is 1.20 bits per heavy atom. The zero-order chi connectivity index (χ0) is 10.8. The molecule has 0 fully saturated rings. The molecule has 2 rings (SSSR count). The maximum Gasteiger partial charge on any atom is 0.241 e. The molecule has 0 saturated heterocycles. The van der Waals surface area contributed by atoms with E-state index in [0.717, 1.165) is 5.56 Å². The lowest BCUT2D eigenvalue weighted by Crippen LogP contribution is -2.06. The minimum absolute atomic E-state index is 0.134. The first-order chi connectivity index (χ1) is 7.15. The van der Waals surface area contributed by atoms with E-state index in [4.69, 9.17) is 11.5 Å². The van der Waals surface area contributed by atoms with Crippen LogP contribution in [0.25, 0.3) is 0 Å². The van der Waals surface area contributed by atoms with Crippen molar-refractivity contribution in [2.75, 3.05) is 11.5 Å². The molecule has 0 aliphatic carbocycles. The smallest absolute Gasteiger partial charge is 0.241 e. The van der Waals surface area contributed by atoms with Crippen LogP contribution < -0.4 is 11.5 Å². The van der Waals surface area contributed by atoms with Gasteiger partial charge < -0.3 is 11.5 Å². The lowest BCUT2D eigenvalue weighted by atomic mass is 10.2. The number of halogens is 1. The van der Waals surface area contributed by atoms with Crippen molar-refractivity contribution >= 4 is 11.9 Å². The topological polar surface area (TPSA) is 82.7 Å². The van der Waals surface area contributed by atoms with E-state index in [1.54, 1.807) is 12.1 Å². The fraction of sp³-hybridized carbons (Fsp3) is 0.111. The van der Waals surface area contributed by atoms with Gasteiger partial charge in [-0.1, -0.05) is 12.1 Å². The Hall–Kier alpha value is -2.11. The van der Waals surface area contributed by atoms with Crippen LogP contribution in [0.4, 0.5) is 16.3 Å². The Labute approximate surface area is 85.5 Å². The SMILES string of the molecule is Nc1nc(N)n(Cc2ccc(F)cc2)n1. The second-order valence-electron chi connectivity index (χ2n) is 3.11. The van der Waals surface area contributed by atoms with Crippen molar-refractivity contribution in [3.63, 3.8) is 0 Å². The molecule has 0 bridgehead atoms. The Morgan fingerprint density at radius 3 is 2.40 bits per heavy atom. The molecule has 1 aromatic heterocycles. The first-order valence-electron chi connectivity index (χ1n) is 4.35. The molecule has 0 unspecified atom stereocenters. The van der Waals surface area contributed by atoms with Crippen molar-refractivity contribution in [1.29, 1.82) is 0 Å². The minimum atomic E-state index is -0.273. The van der Waals surface area contributed by atoms with Crippen LogP contribution in [0.3, 0.4) is 0 Å². The molecule has 0 spiro atoms. The summed E-state index contributed by atoms with van der Waals surface area (Å²) in [4.78, 5) is 3.76. The minimum Gasteiger partial charge on any atom is -0.368 e. The predicted molar refractivity (Wildman–Crippen MR) is 54.3 cm³/mol. The van der Waals surface area contributed by atoms with Crippen LogP contribution in [-0.4, -0.2) is 14.8 Å². The molecule has 0 aliphatic heterocycles. The van der Waals surface area contributed by atoms with Gasteiger partial charge in [0.05, 0.1) is 6.54 Å². The van der Waals surface area contributed by atoms with E-state index in [2.05, 4.69) is 10.1 Å². The number of benzene rings is 1. The van der Waals surface area contributed by atoms with Crippen molar-refractivity contribution in [2.24, 2.45) is 0 Å². The van der Waals surface area contributed by atoms with Crippen molar-refractivity contribution in [2.45, 2.75) is 6.54 Å². The zero-order valence-electron chi connectivity index (χ0n) is 7.89. The van der Waals surface area contributed by atoms with Gasteiger partial charge in [0, 0.05) is 0 Å². The molecular weight excluding hydrogens is 197 g/mol. The molecule has 15 heavy (non-hydrogen) atoms. The number of nitrogens with two attached hydrogens (primary N) is 2. The fourth-order valence-corrected chi connectivity index (χ4v) is 1.25. The first-order valence-corrected chi connectivity index (χ1v) is 4.35. The van der Waals surface area contributed by atoms with Gasteiger partial charge in [-0.05, 0) is 17.7 Å². The van der Waals surface area contributed by atoms with Gasteiger partial charge in [-0.25, -0.2) is 9.07 Å². The first kappa shape index (κ1) is 9.45. The summed E-state index contributed by atoms with van der Waals surface area (Å²) in [5.74, 6) is 0.108. The predicted octanol–water partition coefficient (Wildman–Crippen LogP) is 0.630. The average molecular weight is 207 g/mol. The van der Waals surface area contributed by atoms with E-state index in [1.807, 2.05) is 0 Å². The maximum absolute atomic E-state index is 12.6. The highest BCUT2D eigenvalue weighted by atomic mass is 19.1. The van der Waals surface area contributed by atoms with Gasteiger partial charge in [-0.15, -0.1) is 5.10 Å². The molecular formula is C9H10FN5. The largest absolute Gasteiger partial charge is 0.368 e. The Balaban J connectivity index is 2.21. The number of hydrogen-bond donors (Lipinski definition) is 2. The van der Waals surface area contributed by atoms with Crippen molar-refractivity contribution in [1.82, 2.24) is 14.8 Å². The van der Waals surface area contributed by atoms with E-state index in [9.17, 15) is 4.39 Å². The number of anilines is 2. The molecule has 6 heteroatoms. The fourth-order valence-electron chi connectivity index (χ4n) is 1.25. The van der Waals surface area contributed by atoms with Crippen LogP contribution in [-0.2, 0) is 6.54 Å². The average Bonchev–Trinajstić information content (AvgIpc) is 2.49. The number of aromatic nitrogens is 3. The lowest BCUT2D eigenvalue weighted by Gasteiger charge is -2.02. The van der Waals surface area contributed by atoms with Gasteiger partial charge >= 0.3 is 0 Å². The van der Waals surface area contributed by atoms with E-state index >= 15 is 0 Å². The highest BCUT2D eigenvalue weighted by Gasteiger charge is 2.04. The molecule has 0 radical (unpaired) electrons. The van der Waals surface area contributed by atoms with Crippen LogP contribution in [0.15, 0.2) is 24.3 Å². The molecule has 0 atom stereocenters. The van der Waals surface area contributed by atoms with Crippen LogP contribution >= 0.6 is 0 Å². The Bertz CT molecular complexity index is 462. The molecule has 0 aliphatic rings. The normalized spacial score (nSPS) is 10.5. The highest BCUT2D eigenvalue weighted by molar-refractivity contribution is 5.28. The van der Waals surface area contributed by atoms with E-state index in [1.165, 1.54) is 16.8 Å². The lowest BCUT2D eigenvalue weighted by molar-refractivity contribution is 0.625. The van der Waals surface area contributed by atoms with Crippen LogP contribution in [0.2, 0.25) is 0 Å².